The van der Waals surface area contributed by atoms with Gasteiger partial charge < -0.3 is 20.3 Å². The maximum atomic E-state index is 13.0. The van der Waals surface area contributed by atoms with Crippen LogP contribution in [0.25, 0.3) is 0 Å². The molecule has 32 heavy (non-hydrogen) atoms. The lowest BCUT2D eigenvalue weighted by Gasteiger charge is -2.35. The van der Waals surface area contributed by atoms with Crippen molar-refractivity contribution in [3.8, 4) is 0 Å². The maximum Gasteiger partial charge on any atom is 0.338 e. The molecule has 6 nitrogen and oxygen atoms in total. The van der Waals surface area contributed by atoms with E-state index in [4.69, 9.17) is 17.0 Å². The molecule has 1 aliphatic heterocycles. The van der Waals surface area contributed by atoms with Crippen LogP contribution in [-0.4, -0.2) is 35.5 Å². The van der Waals surface area contributed by atoms with Gasteiger partial charge in [-0.15, -0.1) is 0 Å². The standard InChI is InChI=1S/C25H29N3O3S/c1-5-20(17-11-8-7-9-12-17)23(29)26-19-14-10-13-18(15-19)22-21(24(30)31-6-2)16(3)28(4)25(32)27-22/h7-15,20,22H,5-6H2,1-4H3,(H,26,29)(H,27,32). The van der Waals surface area contributed by atoms with Crippen LogP contribution in [0.2, 0.25) is 0 Å². The summed E-state index contributed by atoms with van der Waals surface area (Å²) in [6, 6.07) is 16.7. The van der Waals surface area contributed by atoms with Gasteiger partial charge in [-0.1, -0.05) is 49.4 Å². The van der Waals surface area contributed by atoms with E-state index in [0.717, 1.165) is 16.8 Å². The molecule has 1 aliphatic rings. The van der Waals surface area contributed by atoms with Gasteiger partial charge in [0.1, 0.15) is 0 Å². The first kappa shape index (κ1) is 23.5. The second-order valence-corrected chi connectivity index (χ2v) is 8.03. The normalized spacial score (nSPS) is 16.9. The van der Waals surface area contributed by atoms with Gasteiger partial charge in [-0.25, -0.2) is 4.79 Å². The number of thiocarbonyl (C=S) groups is 1. The predicted molar refractivity (Wildman–Crippen MR) is 130 cm³/mol. The fourth-order valence-electron chi connectivity index (χ4n) is 3.84. The average molecular weight is 452 g/mol. The van der Waals surface area contributed by atoms with E-state index in [1.54, 1.807) is 11.8 Å². The highest BCUT2D eigenvalue weighted by Gasteiger charge is 2.33. The molecule has 7 heteroatoms. The van der Waals surface area contributed by atoms with Crippen LogP contribution in [-0.2, 0) is 14.3 Å². The summed E-state index contributed by atoms with van der Waals surface area (Å²) in [5.74, 6) is -0.701. The average Bonchev–Trinajstić information content (AvgIpc) is 2.78. The molecule has 0 bridgehead atoms. The largest absolute Gasteiger partial charge is 0.463 e. The first-order valence-corrected chi connectivity index (χ1v) is 11.2. The Kier molecular flexibility index (Phi) is 7.64. The lowest BCUT2D eigenvalue weighted by Crippen LogP contribution is -2.46. The third-order valence-electron chi connectivity index (χ3n) is 5.66. The number of allylic oxidation sites excluding steroid dienone is 1. The smallest absolute Gasteiger partial charge is 0.338 e. The Hall–Kier alpha value is -3.19. The van der Waals surface area contributed by atoms with Gasteiger partial charge in [0.2, 0.25) is 5.91 Å². The third-order valence-corrected chi connectivity index (χ3v) is 6.06. The summed E-state index contributed by atoms with van der Waals surface area (Å²) in [7, 11) is 1.81. The minimum Gasteiger partial charge on any atom is -0.463 e. The van der Waals surface area contributed by atoms with Gasteiger partial charge in [0.25, 0.3) is 0 Å². The van der Waals surface area contributed by atoms with Crippen molar-refractivity contribution in [3.63, 3.8) is 0 Å². The Morgan fingerprint density at radius 1 is 1.16 bits per heavy atom. The molecule has 0 aromatic heterocycles. The van der Waals surface area contributed by atoms with Gasteiger partial charge >= 0.3 is 5.97 Å². The predicted octanol–water partition coefficient (Wildman–Crippen LogP) is 4.52. The number of benzene rings is 2. The van der Waals surface area contributed by atoms with Crippen molar-refractivity contribution in [2.45, 2.75) is 39.2 Å². The van der Waals surface area contributed by atoms with Gasteiger partial charge in [-0.2, -0.15) is 0 Å². The molecule has 2 aromatic rings. The van der Waals surface area contributed by atoms with E-state index in [2.05, 4.69) is 10.6 Å². The van der Waals surface area contributed by atoms with Crippen molar-refractivity contribution in [1.29, 1.82) is 0 Å². The van der Waals surface area contributed by atoms with Crippen molar-refractivity contribution in [3.05, 3.63) is 77.0 Å². The van der Waals surface area contributed by atoms with Crippen molar-refractivity contribution in [1.82, 2.24) is 10.2 Å². The molecule has 168 valence electrons. The van der Waals surface area contributed by atoms with E-state index in [1.165, 1.54) is 0 Å². The molecule has 1 amide bonds. The number of hydrogen-bond acceptors (Lipinski definition) is 4. The van der Waals surface area contributed by atoms with Crippen LogP contribution >= 0.6 is 12.2 Å². The number of hydrogen-bond donors (Lipinski definition) is 2. The summed E-state index contributed by atoms with van der Waals surface area (Å²) < 4.78 is 5.30. The van der Waals surface area contributed by atoms with Crippen LogP contribution in [0.1, 0.15) is 50.3 Å². The van der Waals surface area contributed by atoms with E-state index >= 15 is 0 Å². The first-order valence-electron chi connectivity index (χ1n) is 10.7. The minimum absolute atomic E-state index is 0.0694. The molecule has 1 heterocycles. The molecular formula is C25H29N3O3S. The SMILES string of the molecule is CCOC(=O)C1=C(C)N(C)C(=S)NC1c1cccc(NC(=O)C(CC)c2ccccc2)c1. The Balaban J connectivity index is 1.89. The maximum absolute atomic E-state index is 13.0. The van der Waals surface area contributed by atoms with E-state index in [-0.39, 0.29) is 24.4 Å². The van der Waals surface area contributed by atoms with Gasteiger partial charge in [0.05, 0.1) is 24.1 Å². The summed E-state index contributed by atoms with van der Waals surface area (Å²) in [6.45, 7) is 5.91. The second-order valence-electron chi connectivity index (χ2n) is 7.65. The lowest BCUT2D eigenvalue weighted by molar-refractivity contribution is -0.139. The van der Waals surface area contributed by atoms with E-state index in [9.17, 15) is 9.59 Å². The summed E-state index contributed by atoms with van der Waals surface area (Å²) in [6.07, 6.45) is 0.690. The number of carbonyl (C=O) groups is 2. The molecule has 0 saturated heterocycles. The van der Waals surface area contributed by atoms with Crippen LogP contribution in [0.4, 0.5) is 5.69 Å². The molecule has 2 unspecified atom stereocenters. The van der Waals surface area contributed by atoms with Gasteiger partial charge in [0.15, 0.2) is 5.11 Å². The van der Waals surface area contributed by atoms with Crippen LogP contribution in [0.3, 0.4) is 0 Å². The molecular weight excluding hydrogens is 422 g/mol. The zero-order valence-corrected chi connectivity index (χ0v) is 19.7. The van der Waals surface area contributed by atoms with E-state index in [1.807, 2.05) is 75.5 Å². The highest BCUT2D eigenvalue weighted by Crippen LogP contribution is 2.32. The highest BCUT2D eigenvalue weighted by molar-refractivity contribution is 7.80. The van der Waals surface area contributed by atoms with Gasteiger partial charge in [-0.3, -0.25) is 4.79 Å². The quantitative estimate of drug-likeness (QED) is 0.477. The Morgan fingerprint density at radius 2 is 1.88 bits per heavy atom. The number of nitrogens with zero attached hydrogens (tertiary/aromatic N) is 1. The number of nitrogens with one attached hydrogen (secondary N) is 2. The number of anilines is 1. The number of carbonyl (C=O) groups excluding carboxylic acids is 2. The Bertz CT molecular complexity index is 1040. The van der Waals surface area contributed by atoms with Gasteiger partial charge in [0, 0.05) is 18.4 Å². The molecule has 2 aromatic carbocycles. The fourth-order valence-corrected chi connectivity index (χ4v) is 4.10. The van der Waals surface area contributed by atoms with Crippen LogP contribution in [0.15, 0.2) is 65.9 Å². The molecule has 2 N–H and O–H groups in total. The highest BCUT2D eigenvalue weighted by atomic mass is 32.1. The minimum atomic E-state index is -0.467. The van der Waals surface area contributed by atoms with Crippen LogP contribution in [0.5, 0.6) is 0 Å². The van der Waals surface area contributed by atoms with Crippen LogP contribution in [0, 0.1) is 0 Å². The number of rotatable bonds is 7. The third kappa shape index (κ3) is 4.99. The Labute approximate surface area is 194 Å². The van der Waals surface area contributed by atoms with E-state index < -0.39 is 6.04 Å². The molecule has 2 atom stereocenters. The second kappa shape index (κ2) is 10.4. The number of amides is 1. The molecule has 0 radical (unpaired) electrons. The van der Waals surface area contributed by atoms with Crippen molar-refractivity contribution < 1.29 is 14.3 Å². The zero-order chi connectivity index (χ0) is 23.3. The van der Waals surface area contributed by atoms with E-state index in [0.29, 0.717) is 22.8 Å². The number of esters is 1. The molecule has 0 aliphatic carbocycles. The first-order chi connectivity index (χ1) is 15.4. The molecule has 0 fully saturated rings. The van der Waals surface area contributed by atoms with Crippen molar-refractivity contribution in [2.75, 3.05) is 19.0 Å². The summed E-state index contributed by atoms with van der Waals surface area (Å²) in [5.41, 5.74) is 3.70. The topological polar surface area (TPSA) is 70.7 Å². The summed E-state index contributed by atoms with van der Waals surface area (Å²) >= 11 is 5.45. The van der Waals surface area contributed by atoms with Crippen LogP contribution < -0.4 is 10.6 Å². The zero-order valence-electron chi connectivity index (χ0n) is 18.8. The fraction of sp³-hybridized carbons (Fsp3) is 0.320. The molecule has 0 saturated carbocycles. The molecule has 3 rings (SSSR count). The Morgan fingerprint density at radius 3 is 2.53 bits per heavy atom. The van der Waals surface area contributed by atoms with Gasteiger partial charge in [-0.05, 0) is 55.7 Å². The summed E-state index contributed by atoms with van der Waals surface area (Å²) in [5, 5.41) is 6.78. The lowest BCUT2D eigenvalue weighted by atomic mass is 9.94. The summed E-state index contributed by atoms with van der Waals surface area (Å²) in [4.78, 5) is 27.5. The van der Waals surface area contributed by atoms with Crippen molar-refractivity contribution >= 4 is 34.9 Å². The monoisotopic (exact) mass is 451 g/mol. The van der Waals surface area contributed by atoms with Crippen molar-refractivity contribution in [2.24, 2.45) is 0 Å². The number of ether oxygens (including phenoxy) is 1. The molecule has 0 spiro atoms.